The van der Waals surface area contributed by atoms with Gasteiger partial charge < -0.3 is 28.3 Å². The molecule has 0 saturated carbocycles. The van der Waals surface area contributed by atoms with Crippen LogP contribution in [0.15, 0.2) is 0 Å². The second kappa shape index (κ2) is 40.7. The molecule has 2 unspecified atom stereocenters. The van der Waals surface area contributed by atoms with E-state index in [1.54, 1.807) is 0 Å². The smallest absolute Gasteiger partial charge is 0.333 e. The number of ether oxygens (including phenoxy) is 2. The van der Waals surface area contributed by atoms with Gasteiger partial charge in [0, 0.05) is 19.8 Å². The van der Waals surface area contributed by atoms with Crippen molar-refractivity contribution >= 4 is 14.5 Å². The zero-order valence-corrected chi connectivity index (χ0v) is 38.3. The maximum atomic E-state index is 13.0. The van der Waals surface area contributed by atoms with Gasteiger partial charge in [-0.3, -0.25) is 4.79 Å². The van der Waals surface area contributed by atoms with Crippen molar-refractivity contribution in [3.63, 3.8) is 0 Å². The van der Waals surface area contributed by atoms with Crippen molar-refractivity contribution < 1.29 is 28.2 Å². The van der Waals surface area contributed by atoms with E-state index in [0.717, 1.165) is 97.1 Å². The molecule has 0 fully saturated rings. The zero-order chi connectivity index (χ0) is 39.8. The Bertz CT molecular complexity index is 771. The quantitative estimate of drug-likeness (QED) is 0.0285. The molecule has 0 amide bonds. The van der Waals surface area contributed by atoms with Crippen molar-refractivity contribution in [3.8, 4) is 0 Å². The van der Waals surface area contributed by atoms with E-state index in [1.807, 2.05) is 6.92 Å². The van der Waals surface area contributed by atoms with E-state index in [1.165, 1.54) is 128 Å². The van der Waals surface area contributed by atoms with E-state index in [2.05, 4.69) is 38.8 Å². The van der Waals surface area contributed by atoms with Gasteiger partial charge in [-0.1, -0.05) is 156 Å². The largest absolute Gasteiger partial charge is 0.465 e. The molecule has 0 rings (SSSR count). The Morgan fingerprint density at radius 3 is 1.46 bits per heavy atom. The number of carbonyl (C=O) groups is 1. The molecule has 54 heavy (non-hydrogen) atoms. The highest BCUT2D eigenvalue weighted by atomic mass is 28.4. The van der Waals surface area contributed by atoms with E-state index < -0.39 is 8.56 Å². The molecule has 324 valence electrons. The van der Waals surface area contributed by atoms with Crippen LogP contribution in [-0.2, 0) is 23.1 Å². The van der Waals surface area contributed by atoms with Gasteiger partial charge in [0.05, 0.1) is 12.5 Å². The summed E-state index contributed by atoms with van der Waals surface area (Å²) in [6.45, 7) is 18.7. The Balaban J connectivity index is 4.17. The number of hydrogen-bond acceptors (Lipinski definition) is 7. The molecule has 0 spiro atoms. The molecule has 0 aliphatic carbocycles. The maximum absolute atomic E-state index is 13.0. The van der Waals surface area contributed by atoms with Crippen LogP contribution in [0.5, 0.6) is 0 Å². The van der Waals surface area contributed by atoms with Gasteiger partial charge in [-0.15, -0.1) is 0 Å². The highest BCUT2D eigenvalue weighted by Crippen LogP contribution is 2.21. The fraction of sp³-hybridized carbons (Fsp3) is 0.978. The van der Waals surface area contributed by atoms with Gasteiger partial charge in [0.2, 0.25) is 0 Å². The summed E-state index contributed by atoms with van der Waals surface area (Å²) in [7, 11) is -2.20. The third kappa shape index (κ3) is 37.1. The van der Waals surface area contributed by atoms with Crippen molar-refractivity contribution in [2.24, 2.45) is 5.92 Å². The first-order valence-electron chi connectivity index (χ1n) is 23.7. The average molecular weight is 786 g/mol. The lowest BCUT2D eigenvalue weighted by molar-refractivity contribution is -0.149. The average Bonchev–Trinajstić information content (AvgIpc) is 3.14. The molecular formula is C46H95NO6Si. The Hall–Kier alpha value is -0.513. The minimum absolute atomic E-state index is 0.0598. The summed E-state index contributed by atoms with van der Waals surface area (Å²) in [4.78, 5) is 15.6. The summed E-state index contributed by atoms with van der Waals surface area (Å²) in [5.74, 6) is 0.156. The van der Waals surface area contributed by atoms with Crippen LogP contribution < -0.4 is 0 Å². The van der Waals surface area contributed by atoms with Crippen molar-refractivity contribution in [1.29, 1.82) is 0 Å². The van der Waals surface area contributed by atoms with Gasteiger partial charge in [0.25, 0.3) is 0 Å². The van der Waals surface area contributed by atoms with Crippen LogP contribution in [0.4, 0.5) is 0 Å². The van der Waals surface area contributed by atoms with Crippen LogP contribution in [0.2, 0.25) is 13.1 Å². The van der Waals surface area contributed by atoms with Crippen LogP contribution >= 0.6 is 0 Å². The van der Waals surface area contributed by atoms with Crippen LogP contribution in [0.25, 0.3) is 0 Å². The monoisotopic (exact) mass is 786 g/mol. The Morgan fingerprint density at radius 1 is 0.537 bits per heavy atom. The summed E-state index contributed by atoms with van der Waals surface area (Å²) in [5, 5.41) is 9.31. The first-order chi connectivity index (χ1) is 26.3. The summed E-state index contributed by atoms with van der Waals surface area (Å²) < 4.78 is 24.2. The predicted octanol–water partition coefficient (Wildman–Crippen LogP) is 13.3. The third-order valence-electron chi connectivity index (χ3n) is 10.8. The first kappa shape index (κ1) is 53.5. The molecule has 0 aromatic rings. The molecule has 0 radical (unpaired) electrons. The summed E-state index contributed by atoms with van der Waals surface area (Å²) in [6.07, 6.45) is 35.8. The van der Waals surface area contributed by atoms with Crippen molar-refractivity contribution in [1.82, 2.24) is 4.90 Å². The van der Waals surface area contributed by atoms with Crippen LogP contribution in [0, 0.1) is 5.92 Å². The molecule has 0 saturated heterocycles. The molecule has 2 atom stereocenters. The lowest BCUT2D eigenvalue weighted by Crippen LogP contribution is -2.39. The summed E-state index contributed by atoms with van der Waals surface area (Å²) >= 11 is 0. The second-order valence-corrected chi connectivity index (χ2v) is 20.0. The van der Waals surface area contributed by atoms with Gasteiger partial charge in [-0.25, -0.2) is 0 Å². The number of hydrogen-bond donors (Lipinski definition) is 1. The third-order valence-corrected chi connectivity index (χ3v) is 12.6. The van der Waals surface area contributed by atoms with E-state index in [0.29, 0.717) is 6.61 Å². The topological polar surface area (TPSA) is 77.5 Å². The van der Waals surface area contributed by atoms with Gasteiger partial charge in [-0.2, -0.15) is 0 Å². The molecule has 8 heteroatoms. The SMILES string of the molecule is CCCCCCCCCCOC(C)O[Si](C)(C)OCCCCCCN(CCCCO)CCCCCCOC(=O)C(CCCCCC)CCCCCCCC. The highest BCUT2D eigenvalue weighted by Gasteiger charge is 2.27. The van der Waals surface area contributed by atoms with Crippen LogP contribution in [-0.4, -0.2) is 76.9 Å². The zero-order valence-electron chi connectivity index (χ0n) is 37.3. The van der Waals surface area contributed by atoms with Gasteiger partial charge in [-0.05, 0) is 97.4 Å². The van der Waals surface area contributed by atoms with Crippen LogP contribution in [0.3, 0.4) is 0 Å². The number of aliphatic hydroxyl groups is 1. The number of rotatable bonds is 44. The van der Waals surface area contributed by atoms with E-state index >= 15 is 0 Å². The lowest BCUT2D eigenvalue weighted by Gasteiger charge is -2.27. The van der Waals surface area contributed by atoms with E-state index in [-0.39, 0.29) is 24.8 Å². The molecule has 0 aromatic carbocycles. The standard InChI is InChI=1S/C46H95NO6Si/c1-7-10-13-16-18-19-23-32-41-50-44(4)53-54(5,6)52-43-34-25-22-29-38-47(39-30-31-40-48)37-28-21-24-33-42-51-46(49)45(35-26-15-12-9-3)36-27-20-17-14-11-8-2/h44-45,48H,7-43H2,1-6H3. The second-order valence-electron chi connectivity index (χ2n) is 16.7. The molecule has 7 nitrogen and oxygen atoms in total. The van der Waals surface area contributed by atoms with Crippen molar-refractivity contribution in [2.45, 2.75) is 240 Å². The van der Waals surface area contributed by atoms with Crippen molar-refractivity contribution in [3.05, 3.63) is 0 Å². The summed E-state index contributed by atoms with van der Waals surface area (Å²) in [6, 6.07) is 0. The fourth-order valence-electron chi connectivity index (χ4n) is 7.29. The lowest BCUT2D eigenvalue weighted by atomic mass is 9.94. The molecule has 0 aliphatic rings. The molecule has 0 aromatic heterocycles. The molecule has 0 aliphatic heterocycles. The number of unbranched alkanes of at least 4 members (excludes halogenated alkanes) is 22. The minimum atomic E-state index is -2.20. The van der Waals surface area contributed by atoms with E-state index in [9.17, 15) is 9.90 Å². The number of nitrogens with zero attached hydrogens (tertiary/aromatic N) is 1. The van der Waals surface area contributed by atoms with Crippen LogP contribution in [0.1, 0.15) is 220 Å². The molecule has 0 heterocycles. The molecule has 1 N–H and O–H groups in total. The first-order valence-corrected chi connectivity index (χ1v) is 26.5. The number of aliphatic hydroxyl groups excluding tert-OH is 1. The normalized spacial score (nSPS) is 13.2. The number of esters is 1. The molecular weight excluding hydrogens is 691 g/mol. The van der Waals surface area contributed by atoms with E-state index in [4.69, 9.17) is 18.3 Å². The van der Waals surface area contributed by atoms with Crippen molar-refractivity contribution in [2.75, 3.05) is 46.1 Å². The Kier molecular flexibility index (Phi) is 40.3. The predicted molar refractivity (Wildman–Crippen MR) is 233 cm³/mol. The van der Waals surface area contributed by atoms with Gasteiger partial charge in [0.15, 0.2) is 0 Å². The number of carbonyl (C=O) groups excluding carboxylic acids is 1. The van der Waals surface area contributed by atoms with Gasteiger partial charge in [0.1, 0.15) is 6.29 Å². The minimum Gasteiger partial charge on any atom is -0.465 e. The fourth-order valence-corrected chi connectivity index (χ4v) is 8.87. The Morgan fingerprint density at radius 2 is 0.944 bits per heavy atom. The summed E-state index contributed by atoms with van der Waals surface area (Å²) in [5.41, 5.74) is 0. The maximum Gasteiger partial charge on any atom is 0.333 e. The highest BCUT2D eigenvalue weighted by molar-refractivity contribution is 6.64. The Labute approximate surface area is 338 Å². The molecule has 0 bridgehead atoms. The van der Waals surface area contributed by atoms with Gasteiger partial charge >= 0.3 is 14.5 Å².